The van der Waals surface area contributed by atoms with Crippen LogP contribution in [0.3, 0.4) is 0 Å². The molecule has 2 aliphatic heterocycles. The lowest BCUT2D eigenvalue weighted by Gasteiger charge is -2.37. The molecule has 0 atom stereocenters. The SMILES string of the molecule is CCCN1C(=O)/C(=C/c2c(N3CCN(c4ccccc4)CC3)nc3c(C)cccn3c2=O)SC1=S. The third kappa shape index (κ3) is 4.46. The number of nitrogens with zero attached hydrogens (tertiary/aromatic N) is 5. The van der Waals surface area contributed by atoms with Gasteiger partial charge in [-0.2, -0.15) is 0 Å². The van der Waals surface area contributed by atoms with Gasteiger partial charge in [-0.1, -0.05) is 55.2 Å². The number of aromatic nitrogens is 2. The molecular formula is C26H27N5O2S2. The van der Waals surface area contributed by atoms with Crippen molar-refractivity contribution in [2.24, 2.45) is 0 Å². The van der Waals surface area contributed by atoms with Crippen molar-refractivity contribution in [1.29, 1.82) is 0 Å². The van der Waals surface area contributed by atoms with E-state index < -0.39 is 0 Å². The normalized spacial score (nSPS) is 17.8. The van der Waals surface area contributed by atoms with Crippen molar-refractivity contribution in [3.63, 3.8) is 0 Å². The number of aryl methyl sites for hydroxylation is 1. The standard InChI is InChI=1S/C26H27N5O2S2/c1-3-11-31-25(33)21(35-26(31)34)17-20-23(27-22-18(2)8-7-12-30(22)24(20)32)29-15-13-28(14-16-29)19-9-5-4-6-10-19/h4-10,12,17H,3,11,13-16H2,1-2H3/b21-17-. The number of pyridine rings is 1. The Kier molecular flexibility index (Phi) is 6.62. The molecule has 4 heterocycles. The van der Waals surface area contributed by atoms with E-state index in [0.29, 0.717) is 32.8 Å². The minimum Gasteiger partial charge on any atom is -0.368 e. The number of carbonyl (C=O) groups excluding carboxylic acids is 1. The summed E-state index contributed by atoms with van der Waals surface area (Å²) in [5.41, 5.74) is 3.00. The van der Waals surface area contributed by atoms with Gasteiger partial charge in [-0.15, -0.1) is 0 Å². The number of carbonyl (C=O) groups is 1. The lowest BCUT2D eigenvalue weighted by atomic mass is 10.2. The molecule has 1 aromatic carbocycles. The molecule has 2 aromatic heterocycles. The van der Waals surface area contributed by atoms with E-state index in [1.54, 1.807) is 21.6 Å². The zero-order valence-electron chi connectivity index (χ0n) is 19.8. The maximum atomic E-state index is 13.7. The van der Waals surface area contributed by atoms with E-state index in [2.05, 4.69) is 21.9 Å². The first-order valence-corrected chi connectivity index (χ1v) is 13.0. The average molecular weight is 506 g/mol. The second-order valence-corrected chi connectivity index (χ2v) is 10.4. The molecule has 2 fully saturated rings. The highest BCUT2D eigenvalue weighted by atomic mass is 32.2. The average Bonchev–Trinajstić information content (AvgIpc) is 3.14. The first kappa shape index (κ1) is 23.6. The van der Waals surface area contributed by atoms with Crippen LogP contribution >= 0.6 is 24.0 Å². The van der Waals surface area contributed by atoms with Gasteiger partial charge in [0.05, 0.1) is 10.5 Å². The number of benzene rings is 1. The van der Waals surface area contributed by atoms with Crippen LogP contribution in [-0.4, -0.2) is 57.2 Å². The van der Waals surface area contributed by atoms with Crippen LogP contribution in [0.1, 0.15) is 24.5 Å². The molecule has 2 aliphatic rings. The molecule has 0 unspecified atom stereocenters. The Morgan fingerprint density at radius 2 is 1.74 bits per heavy atom. The van der Waals surface area contributed by atoms with Crippen LogP contribution in [0.4, 0.5) is 11.5 Å². The number of rotatable bonds is 5. The fraction of sp³-hybridized carbons (Fsp3) is 0.308. The van der Waals surface area contributed by atoms with Gasteiger partial charge in [0, 0.05) is 44.6 Å². The highest BCUT2D eigenvalue weighted by Gasteiger charge is 2.32. The Morgan fingerprint density at radius 3 is 2.46 bits per heavy atom. The van der Waals surface area contributed by atoms with Crippen molar-refractivity contribution in [3.8, 4) is 0 Å². The topological polar surface area (TPSA) is 61.2 Å². The van der Waals surface area contributed by atoms with E-state index in [1.165, 1.54) is 17.4 Å². The Balaban J connectivity index is 1.55. The smallest absolute Gasteiger partial charge is 0.267 e. The van der Waals surface area contributed by atoms with Crippen molar-refractivity contribution in [3.05, 3.63) is 75.0 Å². The van der Waals surface area contributed by atoms with Crippen LogP contribution in [0, 0.1) is 6.92 Å². The van der Waals surface area contributed by atoms with Crippen LogP contribution < -0.4 is 15.4 Å². The summed E-state index contributed by atoms with van der Waals surface area (Å²) in [5, 5.41) is 0. The van der Waals surface area contributed by atoms with Crippen LogP contribution in [0.25, 0.3) is 11.7 Å². The van der Waals surface area contributed by atoms with E-state index in [0.717, 1.165) is 38.2 Å². The minimum atomic E-state index is -0.181. The highest BCUT2D eigenvalue weighted by Crippen LogP contribution is 2.34. The quantitative estimate of drug-likeness (QED) is 0.385. The maximum absolute atomic E-state index is 13.7. The summed E-state index contributed by atoms with van der Waals surface area (Å²) in [5.74, 6) is 0.480. The number of fused-ring (bicyclic) bond motifs is 1. The number of thioether (sulfide) groups is 1. The number of anilines is 2. The predicted octanol–water partition coefficient (Wildman–Crippen LogP) is 3.94. The van der Waals surface area contributed by atoms with Gasteiger partial charge in [0.15, 0.2) is 0 Å². The van der Waals surface area contributed by atoms with Crippen molar-refractivity contribution >= 4 is 57.4 Å². The van der Waals surface area contributed by atoms with E-state index >= 15 is 0 Å². The van der Waals surface area contributed by atoms with Gasteiger partial charge < -0.3 is 9.80 Å². The maximum Gasteiger partial charge on any atom is 0.267 e. The lowest BCUT2D eigenvalue weighted by Crippen LogP contribution is -2.47. The number of hydrogen-bond donors (Lipinski definition) is 0. The van der Waals surface area contributed by atoms with Crippen LogP contribution in [0.5, 0.6) is 0 Å². The van der Waals surface area contributed by atoms with E-state index in [4.69, 9.17) is 17.2 Å². The van der Waals surface area contributed by atoms with Gasteiger partial charge in [0.1, 0.15) is 15.8 Å². The number of amides is 1. The second-order valence-electron chi connectivity index (χ2n) is 8.68. The molecule has 9 heteroatoms. The van der Waals surface area contributed by atoms with Crippen molar-refractivity contribution < 1.29 is 4.79 Å². The Bertz CT molecular complexity index is 1380. The summed E-state index contributed by atoms with van der Waals surface area (Å²) in [4.78, 5) is 38.3. The molecule has 35 heavy (non-hydrogen) atoms. The minimum absolute atomic E-state index is 0.143. The van der Waals surface area contributed by atoms with Gasteiger partial charge in [-0.05, 0) is 43.2 Å². The molecule has 0 saturated carbocycles. The van der Waals surface area contributed by atoms with E-state index in [-0.39, 0.29) is 11.5 Å². The number of hydrogen-bond acceptors (Lipinski definition) is 7. The number of thiocarbonyl (C=S) groups is 1. The van der Waals surface area contributed by atoms with Gasteiger partial charge in [-0.3, -0.25) is 18.9 Å². The van der Waals surface area contributed by atoms with Gasteiger partial charge >= 0.3 is 0 Å². The summed E-state index contributed by atoms with van der Waals surface area (Å²) in [6.45, 7) is 7.62. The molecule has 0 spiro atoms. The zero-order chi connectivity index (χ0) is 24.5. The first-order valence-electron chi connectivity index (χ1n) is 11.8. The Hall–Kier alpha value is -3.17. The van der Waals surface area contributed by atoms with Crippen LogP contribution in [-0.2, 0) is 4.79 Å². The Morgan fingerprint density at radius 1 is 1.03 bits per heavy atom. The number of para-hydroxylation sites is 1. The highest BCUT2D eigenvalue weighted by molar-refractivity contribution is 8.26. The van der Waals surface area contributed by atoms with Gasteiger partial charge in [0.25, 0.3) is 11.5 Å². The molecule has 5 rings (SSSR count). The second kappa shape index (κ2) is 9.83. The molecule has 1 amide bonds. The summed E-state index contributed by atoms with van der Waals surface area (Å²) in [6.07, 6.45) is 4.24. The molecule has 0 bridgehead atoms. The fourth-order valence-corrected chi connectivity index (χ4v) is 5.82. The molecular weight excluding hydrogens is 478 g/mol. The zero-order valence-corrected chi connectivity index (χ0v) is 21.4. The van der Waals surface area contributed by atoms with E-state index in [1.807, 2.05) is 44.2 Å². The summed E-state index contributed by atoms with van der Waals surface area (Å²) in [6, 6.07) is 14.1. The molecule has 180 valence electrons. The Labute approximate surface area is 214 Å². The summed E-state index contributed by atoms with van der Waals surface area (Å²) in [7, 11) is 0. The van der Waals surface area contributed by atoms with Gasteiger partial charge in [0.2, 0.25) is 0 Å². The molecule has 0 aliphatic carbocycles. The van der Waals surface area contributed by atoms with Crippen LogP contribution in [0.2, 0.25) is 0 Å². The molecule has 7 nitrogen and oxygen atoms in total. The summed E-state index contributed by atoms with van der Waals surface area (Å²) < 4.78 is 2.10. The first-order chi connectivity index (χ1) is 17.0. The molecule has 0 N–H and O–H groups in total. The molecule has 0 radical (unpaired) electrons. The molecule has 3 aromatic rings. The monoisotopic (exact) mass is 505 g/mol. The predicted molar refractivity (Wildman–Crippen MR) is 147 cm³/mol. The van der Waals surface area contributed by atoms with Crippen molar-refractivity contribution in [2.45, 2.75) is 20.3 Å². The largest absolute Gasteiger partial charge is 0.368 e. The van der Waals surface area contributed by atoms with Crippen molar-refractivity contribution in [2.75, 3.05) is 42.5 Å². The molecule has 2 saturated heterocycles. The third-order valence-corrected chi connectivity index (χ3v) is 7.74. The van der Waals surface area contributed by atoms with Crippen LogP contribution in [0.15, 0.2) is 58.4 Å². The third-order valence-electron chi connectivity index (χ3n) is 6.36. The summed E-state index contributed by atoms with van der Waals surface area (Å²) >= 11 is 6.69. The number of piperazine rings is 1. The van der Waals surface area contributed by atoms with E-state index in [9.17, 15) is 9.59 Å². The van der Waals surface area contributed by atoms with Gasteiger partial charge in [-0.25, -0.2) is 4.98 Å². The fourth-order valence-electron chi connectivity index (χ4n) is 4.53. The lowest BCUT2D eigenvalue weighted by molar-refractivity contribution is -0.122. The van der Waals surface area contributed by atoms with Crippen molar-refractivity contribution in [1.82, 2.24) is 14.3 Å².